The van der Waals surface area contributed by atoms with Gasteiger partial charge in [0.2, 0.25) is 17.7 Å². The van der Waals surface area contributed by atoms with Crippen molar-refractivity contribution >= 4 is 33.7 Å². The number of halogens is 1. The van der Waals surface area contributed by atoms with Gasteiger partial charge < -0.3 is 10.1 Å². The van der Waals surface area contributed by atoms with Crippen molar-refractivity contribution in [2.45, 2.75) is 18.9 Å². The molecule has 1 atom stereocenters. The number of piperidine rings is 1. The van der Waals surface area contributed by atoms with Crippen LogP contribution in [0.25, 0.3) is 0 Å². The number of carbonyl (C=O) groups is 2. The van der Waals surface area contributed by atoms with Crippen molar-refractivity contribution in [3.63, 3.8) is 0 Å². The number of rotatable bonds is 3. The van der Waals surface area contributed by atoms with E-state index in [2.05, 4.69) is 31.2 Å². The Bertz CT molecular complexity index is 523. The van der Waals surface area contributed by atoms with Gasteiger partial charge in [-0.2, -0.15) is 4.98 Å². The van der Waals surface area contributed by atoms with Gasteiger partial charge in [0.25, 0.3) is 5.91 Å². The molecule has 19 heavy (non-hydrogen) atoms. The Morgan fingerprint density at radius 3 is 2.95 bits per heavy atom. The molecule has 2 rings (SSSR count). The zero-order chi connectivity index (χ0) is 14.0. The van der Waals surface area contributed by atoms with E-state index in [0.29, 0.717) is 29.1 Å². The molecule has 1 N–H and O–H groups in total. The van der Waals surface area contributed by atoms with Crippen molar-refractivity contribution in [3.05, 3.63) is 10.7 Å². The summed E-state index contributed by atoms with van der Waals surface area (Å²) in [6, 6.07) is -0.492. The van der Waals surface area contributed by atoms with E-state index in [4.69, 9.17) is 4.74 Å². The van der Waals surface area contributed by atoms with Crippen LogP contribution in [-0.2, 0) is 9.59 Å². The number of imide groups is 1. The first-order valence-electron chi connectivity index (χ1n) is 5.66. The summed E-state index contributed by atoms with van der Waals surface area (Å²) in [6.45, 7) is 0. The molecule has 2 amide bonds. The fraction of sp³-hybridized carbons (Fsp3) is 0.455. The van der Waals surface area contributed by atoms with E-state index >= 15 is 0 Å². The van der Waals surface area contributed by atoms with Gasteiger partial charge in [-0.1, -0.05) is 0 Å². The number of hydrogen-bond donors (Lipinski definition) is 1. The number of methoxy groups -OCH3 is 1. The van der Waals surface area contributed by atoms with Crippen LogP contribution in [0.15, 0.2) is 10.7 Å². The summed E-state index contributed by atoms with van der Waals surface area (Å²) in [6.07, 6.45) is 2.30. The third-order valence-electron chi connectivity index (χ3n) is 2.86. The molecule has 1 aliphatic heterocycles. The van der Waals surface area contributed by atoms with Crippen LogP contribution >= 0.6 is 15.9 Å². The summed E-state index contributed by atoms with van der Waals surface area (Å²) < 4.78 is 5.68. The van der Waals surface area contributed by atoms with E-state index in [1.807, 2.05) is 0 Å². The van der Waals surface area contributed by atoms with Gasteiger partial charge in [-0.3, -0.25) is 14.5 Å². The normalized spacial score (nSPS) is 19.5. The number of carbonyl (C=O) groups excluding carboxylic acids is 2. The highest BCUT2D eigenvalue weighted by molar-refractivity contribution is 9.10. The van der Waals surface area contributed by atoms with Gasteiger partial charge >= 0.3 is 0 Å². The van der Waals surface area contributed by atoms with Crippen LogP contribution in [0.1, 0.15) is 12.8 Å². The molecule has 0 bridgehead atoms. The predicted molar refractivity (Wildman–Crippen MR) is 70.7 cm³/mol. The van der Waals surface area contributed by atoms with Crippen LogP contribution in [0.4, 0.5) is 5.95 Å². The van der Waals surface area contributed by atoms with E-state index in [1.54, 1.807) is 0 Å². The molecular weight excluding hydrogens is 316 g/mol. The summed E-state index contributed by atoms with van der Waals surface area (Å²) >= 11 is 3.25. The van der Waals surface area contributed by atoms with E-state index in [1.165, 1.54) is 20.4 Å². The van der Waals surface area contributed by atoms with Crippen LogP contribution in [0.5, 0.6) is 5.88 Å². The maximum atomic E-state index is 11.9. The molecule has 1 saturated heterocycles. The molecule has 8 heteroatoms. The molecule has 0 saturated carbocycles. The Labute approximate surface area is 118 Å². The highest BCUT2D eigenvalue weighted by Crippen LogP contribution is 2.23. The first-order chi connectivity index (χ1) is 9.02. The van der Waals surface area contributed by atoms with Gasteiger partial charge in [0.05, 0.1) is 17.8 Å². The smallest absolute Gasteiger partial charge is 0.251 e. The average Bonchev–Trinajstić information content (AvgIpc) is 2.41. The maximum Gasteiger partial charge on any atom is 0.251 e. The fourth-order valence-electron chi connectivity index (χ4n) is 1.77. The Morgan fingerprint density at radius 2 is 2.26 bits per heavy atom. The van der Waals surface area contributed by atoms with Crippen LogP contribution in [0, 0.1) is 0 Å². The predicted octanol–water partition coefficient (Wildman–Crippen LogP) is 0.807. The van der Waals surface area contributed by atoms with Crippen LogP contribution < -0.4 is 10.1 Å². The summed E-state index contributed by atoms with van der Waals surface area (Å²) in [5.74, 6) is 0.227. The lowest BCUT2D eigenvalue weighted by Gasteiger charge is -2.28. The average molecular weight is 329 g/mol. The molecule has 0 aromatic carbocycles. The lowest BCUT2D eigenvalue weighted by Crippen LogP contribution is -2.48. The minimum Gasteiger partial charge on any atom is -0.480 e. The van der Waals surface area contributed by atoms with E-state index in [9.17, 15) is 9.59 Å². The topological polar surface area (TPSA) is 84.4 Å². The third-order valence-corrected chi connectivity index (χ3v) is 3.40. The van der Waals surface area contributed by atoms with Crippen LogP contribution in [-0.4, -0.2) is 46.9 Å². The van der Waals surface area contributed by atoms with Crippen molar-refractivity contribution in [2.24, 2.45) is 0 Å². The number of likely N-dealkylation sites (tertiary alicyclic amines) is 1. The third kappa shape index (κ3) is 2.83. The summed E-state index contributed by atoms with van der Waals surface area (Å²) in [4.78, 5) is 32.6. The van der Waals surface area contributed by atoms with E-state index < -0.39 is 6.04 Å². The molecule has 2 heterocycles. The molecule has 1 unspecified atom stereocenters. The first-order valence-corrected chi connectivity index (χ1v) is 6.45. The highest BCUT2D eigenvalue weighted by atomic mass is 79.9. The van der Waals surface area contributed by atoms with E-state index in [-0.39, 0.29) is 11.8 Å². The quantitative estimate of drug-likeness (QED) is 0.826. The van der Waals surface area contributed by atoms with Gasteiger partial charge in [-0.15, -0.1) is 0 Å². The molecule has 0 radical (unpaired) electrons. The lowest BCUT2D eigenvalue weighted by molar-refractivity contribution is -0.146. The first kappa shape index (κ1) is 13.7. The highest BCUT2D eigenvalue weighted by Gasteiger charge is 2.32. The number of nitrogens with zero attached hydrogens (tertiary/aromatic N) is 3. The Kier molecular flexibility index (Phi) is 3.98. The lowest BCUT2D eigenvalue weighted by atomic mass is 10.1. The van der Waals surface area contributed by atoms with Crippen molar-refractivity contribution in [3.8, 4) is 5.88 Å². The number of ether oxygens (including phenoxy) is 1. The van der Waals surface area contributed by atoms with Crippen molar-refractivity contribution < 1.29 is 14.3 Å². The van der Waals surface area contributed by atoms with Gasteiger partial charge in [0.15, 0.2) is 0 Å². The molecular formula is C11H13BrN4O3. The van der Waals surface area contributed by atoms with Crippen molar-refractivity contribution in [1.29, 1.82) is 0 Å². The molecule has 1 aliphatic rings. The number of nitrogens with one attached hydrogen (secondary N) is 1. The number of anilines is 1. The van der Waals surface area contributed by atoms with Gasteiger partial charge in [-0.05, 0) is 22.4 Å². The second kappa shape index (κ2) is 5.52. The number of likely N-dealkylation sites (N-methyl/N-ethyl adjacent to an activating group) is 1. The van der Waals surface area contributed by atoms with E-state index in [0.717, 1.165) is 4.90 Å². The molecule has 7 nitrogen and oxygen atoms in total. The van der Waals surface area contributed by atoms with Gasteiger partial charge in [-0.25, -0.2) is 4.98 Å². The van der Waals surface area contributed by atoms with Gasteiger partial charge in [0.1, 0.15) is 6.04 Å². The summed E-state index contributed by atoms with van der Waals surface area (Å²) in [5, 5.41) is 2.92. The molecule has 102 valence electrons. The fourth-order valence-corrected chi connectivity index (χ4v) is 2.12. The SMILES string of the molecule is COc1nc(NC2CCC(=O)N(C)C2=O)ncc1Br. The van der Waals surface area contributed by atoms with Crippen molar-refractivity contribution in [2.75, 3.05) is 19.5 Å². The van der Waals surface area contributed by atoms with Crippen LogP contribution in [0.3, 0.4) is 0 Å². The zero-order valence-electron chi connectivity index (χ0n) is 10.5. The molecule has 0 spiro atoms. The van der Waals surface area contributed by atoms with Crippen LogP contribution in [0.2, 0.25) is 0 Å². The number of aromatic nitrogens is 2. The molecule has 1 aromatic heterocycles. The molecule has 1 fully saturated rings. The summed E-state index contributed by atoms with van der Waals surface area (Å²) in [5.41, 5.74) is 0. The van der Waals surface area contributed by atoms with Gasteiger partial charge in [0, 0.05) is 13.5 Å². The minimum absolute atomic E-state index is 0.169. The van der Waals surface area contributed by atoms with Crippen molar-refractivity contribution in [1.82, 2.24) is 14.9 Å². The number of amides is 2. The Hall–Kier alpha value is -1.70. The minimum atomic E-state index is -0.492. The second-order valence-electron chi connectivity index (χ2n) is 4.08. The maximum absolute atomic E-state index is 11.9. The largest absolute Gasteiger partial charge is 0.480 e. The molecule has 0 aliphatic carbocycles. The standard InChI is InChI=1S/C11H13BrN4O3/c1-16-8(17)4-3-7(10(16)18)14-11-13-5-6(12)9(15-11)19-2/h5,7H,3-4H2,1-2H3,(H,13,14,15). The number of hydrogen-bond acceptors (Lipinski definition) is 6. The Balaban J connectivity index is 2.13. The summed E-state index contributed by atoms with van der Waals surface area (Å²) in [7, 11) is 2.97. The molecule has 1 aromatic rings. The monoisotopic (exact) mass is 328 g/mol. The second-order valence-corrected chi connectivity index (χ2v) is 4.93. The zero-order valence-corrected chi connectivity index (χ0v) is 12.1. The Morgan fingerprint density at radius 1 is 1.53 bits per heavy atom.